The van der Waals surface area contributed by atoms with E-state index in [4.69, 9.17) is 5.26 Å². The van der Waals surface area contributed by atoms with Gasteiger partial charge in [0.25, 0.3) is 5.91 Å². The van der Waals surface area contributed by atoms with Gasteiger partial charge in [-0.25, -0.2) is 0 Å². The van der Waals surface area contributed by atoms with Crippen molar-refractivity contribution in [3.8, 4) is 6.07 Å². The molecule has 21 heavy (non-hydrogen) atoms. The second kappa shape index (κ2) is 6.69. The Morgan fingerprint density at radius 3 is 2.67 bits per heavy atom. The zero-order valence-corrected chi connectivity index (χ0v) is 11.7. The number of carbonyl (C=O) groups is 1. The molecule has 1 atom stereocenters. The van der Waals surface area contributed by atoms with Crippen LogP contribution in [0.5, 0.6) is 0 Å². The van der Waals surface area contributed by atoms with Crippen molar-refractivity contribution in [1.82, 2.24) is 5.32 Å². The number of aliphatic hydroxyl groups is 1. The van der Waals surface area contributed by atoms with E-state index < -0.39 is 6.10 Å². The van der Waals surface area contributed by atoms with Gasteiger partial charge in [0.15, 0.2) is 0 Å². The highest BCUT2D eigenvalue weighted by Crippen LogP contribution is 2.13. The summed E-state index contributed by atoms with van der Waals surface area (Å²) in [6.07, 6.45) is -0.756. The maximum Gasteiger partial charge on any atom is 0.251 e. The Hall–Kier alpha value is -2.64. The maximum atomic E-state index is 12.0. The molecule has 0 aromatic heterocycles. The van der Waals surface area contributed by atoms with Crippen LogP contribution in [0, 0.1) is 18.3 Å². The highest BCUT2D eigenvalue weighted by molar-refractivity contribution is 5.94. The fraction of sp³-hybridized carbons (Fsp3) is 0.176. The van der Waals surface area contributed by atoms with E-state index in [-0.39, 0.29) is 12.5 Å². The van der Waals surface area contributed by atoms with E-state index in [1.807, 2.05) is 37.3 Å². The van der Waals surface area contributed by atoms with Crippen LogP contribution in [0.15, 0.2) is 48.5 Å². The number of nitrogens with one attached hydrogen (secondary N) is 1. The molecule has 0 fully saturated rings. The molecule has 106 valence electrons. The molecule has 4 nitrogen and oxygen atoms in total. The van der Waals surface area contributed by atoms with E-state index in [9.17, 15) is 9.90 Å². The van der Waals surface area contributed by atoms with Gasteiger partial charge in [-0.2, -0.15) is 5.26 Å². The summed E-state index contributed by atoms with van der Waals surface area (Å²) < 4.78 is 0. The van der Waals surface area contributed by atoms with Crippen molar-refractivity contribution in [3.63, 3.8) is 0 Å². The first-order valence-electron chi connectivity index (χ1n) is 6.63. The zero-order valence-electron chi connectivity index (χ0n) is 11.7. The molecular formula is C17H16N2O2. The molecule has 0 aliphatic carbocycles. The third-order valence-corrected chi connectivity index (χ3v) is 3.17. The quantitative estimate of drug-likeness (QED) is 0.902. The molecule has 0 radical (unpaired) electrons. The fourth-order valence-corrected chi connectivity index (χ4v) is 1.93. The first kappa shape index (κ1) is 14.8. The van der Waals surface area contributed by atoms with Gasteiger partial charge >= 0.3 is 0 Å². The molecule has 0 aliphatic rings. The summed E-state index contributed by atoms with van der Waals surface area (Å²) in [7, 11) is 0. The van der Waals surface area contributed by atoms with Crippen LogP contribution in [0.2, 0.25) is 0 Å². The van der Waals surface area contributed by atoms with Crippen molar-refractivity contribution in [1.29, 1.82) is 5.26 Å². The van der Waals surface area contributed by atoms with E-state index in [1.54, 1.807) is 18.2 Å². The molecule has 1 amide bonds. The third-order valence-electron chi connectivity index (χ3n) is 3.17. The van der Waals surface area contributed by atoms with Crippen molar-refractivity contribution >= 4 is 5.91 Å². The molecule has 0 bridgehead atoms. The molecule has 0 heterocycles. The lowest BCUT2D eigenvalue weighted by atomic mass is 10.1. The number of benzene rings is 2. The Labute approximate surface area is 123 Å². The topological polar surface area (TPSA) is 73.1 Å². The van der Waals surface area contributed by atoms with E-state index in [0.717, 1.165) is 11.1 Å². The number of nitrogens with zero attached hydrogens (tertiary/aromatic N) is 1. The van der Waals surface area contributed by atoms with Gasteiger partial charge in [-0.3, -0.25) is 4.79 Å². The molecule has 0 saturated heterocycles. The van der Waals surface area contributed by atoms with Crippen LogP contribution in [-0.4, -0.2) is 17.6 Å². The minimum atomic E-state index is -0.756. The van der Waals surface area contributed by atoms with E-state index in [2.05, 4.69) is 5.32 Å². The summed E-state index contributed by atoms with van der Waals surface area (Å²) in [5.74, 6) is -0.307. The standard InChI is InChI=1S/C17H16N2O2/c1-12-5-7-14(8-6-12)16(20)11-19-17(21)15-4-2-3-13(9-15)10-18/h2-9,16,20H,11H2,1H3,(H,19,21). The molecule has 0 spiro atoms. The van der Waals surface area contributed by atoms with Gasteiger partial charge in [0.05, 0.1) is 17.7 Å². The van der Waals surface area contributed by atoms with Crippen LogP contribution in [-0.2, 0) is 0 Å². The van der Waals surface area contributed by atoms with Crippen molar-refractivity contribution in [2.75, 3.05) is 6.54 Å². The minimum Gasteiger partial charge on any atom is -0.387 e. The Balaban J connectivity index is 1.97. The SMILES string of the molecule is Cc1ccc(C(O)CNC(=O)c2cccc(C#N)c2)cc1. The summed E-state index contributed by atoms with van der Waals surface area (Å²) in [6.45, 7) is 2.10. The number of aliphatic hydroxyl groups excluding tert-OH is 1. The van der Waals surface area contributed by atoms with Crippen LogP contribution >= 0.6 is 0 Å². The summed E-state index contributed by atoms with van der Waals surface area (Å²) in [6, 6.07) is 15.9. The second-order valence-corrected chi connectivity index (χ2v) is 4.83. The van der Waals surface area contributed by atoms with Crippen molar-refractivity contribution in [2.24, 2.45) is 0 Å². The monoisotopic (exact) mass is 280 g/mol. The summed E-state index contributed by atoms with van der Waals surface area (Å²) in [4.78, 5) is 12.0. The lowest BCUT2D eigenvalue weighted by Crippen LogP contribution is -2.28. The molecule has 0 aliphatic heterocycles. The molecule has 0 saturated carbocycles. The van der Waals surface area contributed by atoms with Crippen LogP contribution < -0.4 is 5.32 Å². The molecule has 1 unspecified atom stereocenters. The van der Waals surface area contributed by atoms with Gasteiger partial charge in [-0.05, 0) is 30.7 Å². The number of hydrogen-bond donors (Lipinski definition) is 2. The average Bonchev–Trinajstić information content (AvgIpc) is 2.53. The largest absolute Gasteiger partial charge is 0.387 e. The molecule has 2 aromatic carbocycles. The first-order valence-corrected chi connectivity index (χ1v) is 6.63. The van der Waals surface area contributed by atoms with Gasteiger partial charge in [0, 0.05) is 12.1 Å². The lowest BCUT2D eigenvalue weighted by molar-refractivity contribution is 0.0916. The van der Waals surface area contributed by atoms with Crippen molar-refractivity contribution in [2.45, 2.75) is 13.0 Å². The van der Waals surface area contributed by atoms with Crippen molar-refractivity contribution < 1.29 is 9.90 Å². The molecule has 2 rings (SSSR count). The Bertz CT molecular complexity index is 672. The molecule has 2 aromatic rings. The number of hydrogen-bond acceptors (Lipinski definition) is 3. The average molecular weight is 280 g/mol. The highest BCUT2D eigenvalue weighted by atomic mass is 16.3. The Morgan fingerprint density at radius 2 is 2.00 bits per heavy atom. The number of nitriles is 1. The van der Waals surface area contributed by atoms with Crippen LogP contribution in [0.1, 0.15) is 33.2 Å². The van der Waals surface area contributed by atoms with Gasteiger partial charge in [0.2, 0.25) is 0 Å². The predicted molar refractivity (Wildman–Crippen MR) is 79.6 cm³/mol. The van der Waals surface area contributed by atoms with E-state index >= 15 is 0 Å². The Kier molecular flexibility index (Phi) is 4.70. The lowest BCUT2D eigenvalue weighted by Gasteiger charge is -2.12. The van der Waals surface area contributed by atoms with Crippen molar-refractivity contribution in [3.05, 3.63) is 70.8 Å². The van der Waals surface area contributed by atoms with Crippen LogP contribution in [0.3, 0.4) is 0 Å². The second-order valence-electron chi connectivity index (χ2n) is 4.83. The molecule has 4 heteroatoms. The number of aryl methyl sites for hydroxylation is 1. The van der Waals surface area contributed by atoms with Crippen LogP contribution in [0.25, 0.3) is 0 Å². The Morgan fingerprint density at radius 1 is 1.29 bits per heavy atom. The number of carbonyl (C=O) groups excluding carboxylic acids is 1. The number of amides is 1. The zero-order chi connectivity index (χ0) is 15.2. The smallest absolute Gasteiger partial charge is 0.251 e. The predicted octanol–water partition coefficient (Wildman–Crippen LogP) is 2.33. The van der Waals surface area contributed by atoms with Gasteiger partial charge in [-0.15, -0.1) is 0 Å². The van der Waals surface area contributed by atoms with E-state index in [1.165, 1.54) is 6.07 Å². The van der Waals surface area contributed by atoms with Gasteiger partial charge in [-0.1, -0.05) is 35.9 Å². The maximum absolute atomic E-state index is 12.0. The van der Waals surface area contributed by atoms with Gasteiger partial charge < -0.3 is 10.4 Å². The molecule has 2 N–H and O–H groups in total. The summed E-state index contributed by atoms with van der Waals surface area (Å²) in [5, 5.41) is 21.5. The summed E-state index contributed by atoms with van der Waals surface area (Å²) >= 11 is 0. The van der Waals surface area contributed by atoms with Crippen LogP contribution in [0.4, 0.5) is 0 Å². The first-order chi connectivity index (χ1) is 10.1. The normalized spacial score (nSPS) is 11.5. The fourth-order valence-electron chi connectivity index (χ4n) is 1.93. The molecular weight excluding hydrogens is 264 g/mol. The highest BCUT2D eigenvalue weighted by Gasteiger charge is 2.11. The third kappa shape index (κ3) is 3.91. The minimum absolute atomic E-state index is 0.124. The van der Waals surface area contributed by atoms with Gasteiger partial charge in [0.1, 0.15) is 0 Å². The number of rotatable bonds is 4. The summed E-state index contributed by atoms with van der Waals surface area (Å²) in [5.41, 5.74) is 2.71. The van der Waals surface area contributed by atoms with E-state index in [0.29, 0.717) is 11.1 Å².